The van der Waals surface area contributed by atoms with Crippen molar-refractivity contribution in [1.29, 1.82) is 0 Å². The molecular formula is C13H15ClF3N3O4. The highest BCUT2D eigenvalue weighted by Crippen LogP contribution is 2.13. The molecule has 24 heavy (non-hydrogen) atoms. The van der Waals surface area contributed by atoms with Gasteiger partial charge in [0.1, 0.15) is 0 Å². The van der Waals surface area contributed by atoms with Crippen LogP contribution >= 0.6 is 11.6 Å². The maximum absolute atomic E-state index is 11.5. The summed E-state index contributed by atoms with van der Waals surface area (Å²) in [5.74, 6) is -3.77. The van der Waals surface area contributed by atoms with Crippen LogP contribution in [0.1, 0.15) is 12.0 Å². The number of rotatable bonds is 5. The molecule has 0 aromatic heterocycles. The van der Waals surface area contributed by atoms with Crippen molar-refractivity contribution in [3.63, 3.8) is 0 Å². The average Bonchev–Trinajstić information content (AvgIpc) is 2.43. The molecule has 134 valence electrons. The topological polar surface area (TPSA) is 136 Å². The van der Waals surface area contributed by atoms with Gasteiger partial charge in [-0.15, -0.1) is 0 Å². The molecule has 0 aliphatic rings. The van der Waals surface area contributed by atoms with Gasteiger partial charge in [0.25, 0.3) is 0 Å². The number of carboxylic acid groups (broad SMARTS) is 1. The first kappa shape index (κ1) is 21.7. The number of halogens is 4. The van der Waals surface area contributed by atoms with Crippen molar-refractivity contribution in [2.75, 3.05) is 0 Å². The predicted molar refractivity (Wildman–Crippen MR) is 78.8 cm³/mol. The zero-order valence-electron chi connectivity index (χ0n) is 12.1. The molecular weight excluding hydrogens is 355 g/mol. The first-order valence-corrected chi connectivity index (χ1v) is 6.67. The van der Waals surface area contributed by atoms with Crippen molar-refractivity contribution >= 4 is 29.4 Å². The minimum absolute atomic E-state index is 0.165. The van der Waals surface area contributed by atoms with Gasteiger partial charge in [-0.25, -0.2) is 4.79 Å². The smallest absolute Gasteiger partial charge is 0.475 e. The van der Waals surface area contributed by atoms with Crippen LogP contribution in [0, 0.1) is 0 Å². The third-order valence-corrected chi connectivity index (χ3v) is 2.59. The van der Waals surface area contributed by atoms with Gasteiger partial charge in [0.15, 0.2) is 0 Å². The van der Waals surface area contributed by atoms with Gasteiger partial charge in [-0.3, -0.25) is 9.59 Å². The number of aliphatic carboxylic acids is 1. The number of nitrogens with two attached hydrogens (primary N) is 2. The number of benzene rings is 1. The highest BCUT2D eigenvalue weighted by molar-refractivity contribution is 6.30. The van der Waals surface area contributed by atoms with Crippen molar-refractivity contribution in [1.82, 2.24) is 5.32 Å². The SMILES string of the molecule is NC(=O)CC(N)C(=O)NCc1cccc(Cl)c1.O=C(O)C(F)(F)F. The quantitative estimate of drug-likeness (QED) is 0.608. The minimum Gasteiger partial charge on any atom is -0.475 e. The lowest BCUT2D eigenvalue weighted by Gasteiger charge is -2.10. The van der Waals surface area contributed by atoms with Crippen LogP contribution in [0.5, 0.6) is 0 Å². The van der Waals surface area contributed by atoms with Crippen molar-refractivity contribution in [2.45, 2.75) is 25.2 Å². The predicted octanol–water partition coefficient (Wildman–Crippen LogP) is 0.792. The highest BCUT2D eigenvalue weighted by atomic mass is 35.5. The van der Waals surface area contributed by atoms with Crippen LogP contribution in [0.2, 0.25) is 5.02 Å². The number of nitrogens with one attached hydrogen (secondary N) is 1. The first-order valence-electron chi connectivity index (χ1n) is 6.29. The normalized spacial score (nSPS) is 11.7. The summed E-state index contributed by atoms with van der Waals surface area (Å²) < 4.78 is 31.7. The molecule has 11 heteroatoms. The fraction of sp³-hybridized carbons (Fsp3) is 0.308. The summed E-state index contributed by atoms with van der Waals surface area (Å²) >= 11 is 5.79. The Morgan fingerprint density at radius 3 is 2.25 bits per heavy atom. The summed E-state index contributed by atoms with van der Waals surface area (Å²) in [6, 6.07) is 6.18. The molecule has 7 nitrogen and oxygen atoms in total. The van der Waals surface area contributed by atoms with Gasteiger partial charge in [-0.1, -0.05) is 23.7 Å². The standard InChI is InChI=1S/C11H14ClN3O2.C2HF3O2/c12-8-3-1-2-7(4-8)6-15-11(17)9(13)5-10(14)16;3-2(4,5)1(6)7/h1-4,9H,5-6,13H2,(H2,14,16)(H,15,17);(H,6,7). The largest absolute Gasteiger partial charge is 0.490 e. The lowest BCUT2D eigenvalue weighted by molar-refractivity contribution is -0.192. The van der Waals surface area contributed by atoms with E-state index in [0.717, 1.165) is 5.56 Å². The van der Waals surface area contributed by atoms with E-state index in [-0.39, 0.29) is 6.42 Å². The van der Waals surface area contributed by atoms with Crippen LogP contribution in [0.3, 0.4) is 0 Å². The van der Waals surface area contributed by atoms with Crippen LogP contribution in [-0.2, 0) is 20.9 Å². The molecule has 1 unspecified atom stereocenters. The van der Waals surface area contributed by atoms with Crippen molar-refractivity contribution in [2.24, 2.45) is 11.5 Å². The van der Waals surface area contributed by atoms with Gasteiger partial charge in [0, 0.05) is 11.6 Å². The van der Waals surface area contributed by atoms with Gasteiger partial charge in [0.05, 0.1) is 12.5 Å². The molecule has 1 aromatic rings. The van der Waals surface area contributed by atoms with Crippen LogP contribution in [0.15, 0.2) is 24.3 Å². The molecule has 0 spiro atoms. The number of primary amides is 1. The van der Waals surface area contributed by atoms with E-state index in [1.165, 1.54) is 0 Å². The number of carbonyl (C=O) groups excluding carboxylic acids is 2. The van der Waals surface area contributed by atoms with E-state index in [4.69, 9.17) is 33.0 Å². The number of amides is 2. The molecule has 0 radical (unpaired) electrons. The molecule has 6 N–H and O–H groups in total. The summed E-state index contributed by atoms with van der Waals surface area (Å²) in [5, 5.41) is 10.3. The molecule has 1 rings (SSSR count). The number of hydrogen-bond acceptors (Lipinski definition) is 4. The highest BCUT2D eigenvalue weighted by Gasteiger charge is 2.38. The Balaban J connectivity index is 0.000000640. The Bertz CT molecular complexity index is 596. The number of alkyl halides is 3. The maximum atomic E-state index is 11.5. The fourth-order valence-corrected chi connectivity index (χ4v) is 1.49. The van der Waals surface area contributed by atoms with Gasteiger partial charge >= 0.3 is 12.1 Å². The Morgan fingerprint density at radius 1 is 1.29 bits per heavy atom. The van der Waals surface area contributed by atoms with E-state index in [2.05, 4.69) is 5.32 Å². The lowest BCUT2D eigenvalue weighted by atomic mass is 10.2. The molecule has 0 heterocycles. The van der Waals surface area contributed by atoms with E-state index in [1.807, 2.05) is 6.07 Å². The van der Waals surface area contributed by atoms with Gasteiger partial charge in [-0.2, -0.15) is 13.2 Å². The van der Waals surface area contributed by atoms with E-state index in [0.29, 0.717) is 11.6 Å². The maximum Gasteiger partial charge on any atom is 0.490 e. The number of carbonyl (C=O) groups is 3. The Hall–Kier alpha value is -2.33. The second-order valence-electron chi connectivity index (χ2n) is 4.43. The Kier molecular flexibility index (Phi) is 8.78. The molecule has 0 fully saturated rings. The van der Waals surface area contributed by atoms with Crippen LogP contribution < -0.4 is 16.8 Å². The molecule has 0 aliphatic heterocycles. The molecule has 0 saturated heterocycles. The van der Waals surface area contributed by atoms with E-state index in [1.54, 1.807) is 18.2 Å². The summed E-state index contributed by atoms with van der Waals surface area (Å²) in [6.07, 6.45) is -5.25. The van der Waals surface area contributed by atoms with Gasteiger partial charge < -0.3 is 21.9 Å². The summed E-state index contributed by atoms with van der Waals surface area (Å²) in [5.41, 5.74) is 11.3. The summed E-state index contributed by atoms with van der Waals surface area (Å²) in [7, 11) is 0. The second kappa shape index (κ2) is 9.73. The molecule has 1 aromatic carbocycles. The second-order valence-corrected chi connectivity index (χ2v) is 4.86. The minimum atomic E-state index is -5.08. The molecule has 1 atom stereocenters. The number of carboxylic acids is 1. The van der Waals surface area contributed by atoms with E-state index in [9.17, 15) is 22.8 Å². The lowest BCUT2D eigenvalue weighted by Crippen LogP contribution is -2.42. The first-order chi connectivity index (χ1) is 10.9. The van der Waals surface area contributed by atoms with Crippen molar-refractivity contribution in [3.8, 4) is 0 Å². The molecule has 0 saturated carbocycles. The summed E-state index contributed by atoms with van der Waals surface area (Å²) in [6.45, 7) is 0.311. The fourth-order valence-electron chi connectivity index (χ4n) is 1.28. The molecule has 0 bridgehead atoms. The summed E-state index contributed by atoms with van der Waals surface area (Å²) in [4.78, 5) is 30.9. The third kappa shape index (κ3) is 9.64. The zero-order chi connectivity index (χ0) is 18.9. The third-order valence-electron chi connectivity index (χ3n) is 2.36. The Labute approximate surface area is 139 Å². The average molecular weight is 370 g/mol. The van der Waals surface area contributed by atoms with E-state index >= 15 is 0 Å². The zero-order valence-corrected chi connectivity index (χ0v) is 12.9. The van der Waals surface area contributed by atoms with Crippen LogP contribution in [0.4, 0.5) is 13.2 Å². The number of hydrogen-bond donors (Lipinski definition) is 4. The van der Waals surface area contributed by atoms with Gasteiger partial charge in [0.2, 0.25) is 11.8 Å². The Morgan fingerprint density at radius 2 is 1.83 bits per heavy atom. The monoisotopic (exact) mass is 369 g/mol. The molecule has 2 amide bonds. The van der Waals surface area contributed by atoms with Crippen molar-refractivity contribution < 1.29 is 32.7 Å². The van der Waals surface area contributed by atoms with E-state index < -0.39 is 30.0 Å². The van der Waals surface area contributed by atoms with Crippen molar-refractivity contribution in [3.05, 3.63) is 34.9 Å². The molecule has 0 aliphatic carbocycles. The van der Waals surface area contributed by atoms with Crippen LogP contribution in [0.25, 0.3) is 0 Å². The van der Waals surface area contributed by atoms with Crippen LogP contribution in [-0.4, -0.2) is 35.1 Å². The van der Waals surface area contributed by atoms with Gasteiger partial charge in [-0.05, 0) is 17.7 Å².